The minimum absolute atomic E-state index is 0.197. The molecule has 180 valence electrons. The van der Waals surface area contributed by atoms with E-state index in [1.54, 1.807) is 20.4 Å². The maximum absolute atomic E-state index is 6.03. The summed E-state index contributed by atoms with van der Waals surface area (Å²) < 4.78 is 10.8. The van der Waals surface area contributed by atoms with Crippen LogP contribution in [0.25, 0.3) is 22.4 Å². The zero-order chi connectivity index (χ0) is 24.4. The van der Waals surface area contributed by atoms with E-state index < -0.39 is 0 Å². The number of nitrogens with zero attached hydrogens (tertiary/aromatic N) is 6. The topological polar surface area (TPSA) is 103 Å². The summed E-state index contributed by atoms with van der Waals surface area (Å²) in [5.41, 5.74) is 11.3. The van der Waals surface area contributed by atoms with Crippen LogP contribution in [-0.4, -0.2) is 65.2 Å². The van der Waals surface area contributed by atoms with Gasteiger partial charge >= 0.3 is 0 Å². The minimum atomic E-state index is 0.197. The number of aryl methyl sites for hydroxylation is 1. The van der Waals surface area contributed by atoms with Gasteiger partial charge in [0.25, 0.3) is 0 Å². The molecule has 1 saturated heterocycles. The summed E-state index contributed by atoms with van der Waals surface area (Å²) in [4.78, 5) is 23.0. The van der Waals surface area contributed by atoms with E-state index >= 15 is 0 Å². The number of rotatable bonds is 6. The molecule has 0 spiro atoms. The molecule has 1 fully saturated rings. The number of methoxy groups -OCH3 is 2. The normalized spacial score (nSPS) is 14.3. The van der Waals surface area contributed by atoms with E-state index in [0.29, 0.717) is 28.4 Å². The van der Waals surface area contributed by atoms with E-state index in [4.69, 9.17) is 20.2 Å². The van der Waals surface area contributed by atoms with Crippen molar-refractivity contribution >= 4 is 22.9 Å². The molecule has 0 unspecified atom stereocenters. The Morgan fingerprint density at radius 3 is 2.34 bits per heavy atom. The van der Waals surface area contributed by atoms with Gasteiger partial charge in [-0.15, -0.1) is 0 Å². The molecule has 5 rings (SSSR count). The van der Waals surface area contributed by atoms with Crippen LogP contribution in [0, 0.1) is 6.92 Å². The van der Waals surface area contributed by atoms with Crippen molar-refractivity contribution in [3.05, 3.63) is 59.8 Å². The van der Waals surface area contributed by atoms with Gasteiger partial charge in [-0.2, -0.15) is 9.97 Å². The number of hydrogen-bond donors (Lipinski definition) is 1. The van der Waals surface area contributed by atoms with E-state index in [1.165, 1.54) is 11.1 Å². The second-order valence-corrected chi connectivity index (χ2v) is 8.65. The number of nitrogen functional groups attached to an aromatic ring is 1. The molecule has 0 aliphatic carbocycles. The van der Waals surface area contributed by atoms with Crippen molar-refractivity contribution in [3.8, 4) is 22.8 Å². The van der Waals surface area contributed by atoms with Crippen molar-refractivity contribution in [3.63, 3.8) is 0 Å². The Labute approximate surface area is 204 Å². The lowest BCUT2D eigenvalue weighted by atomic mass is 10.1. The summed E-state index contributed by atoms with van der Waals surface area (Å²) in [6, 6.07) is 14.4. The first-order valence-corrected chi connectivity index (χ1v) is 11.6. The summed E-state index contributed by atoms with van der Waals surface area (Å²) in [5, 5.41) is 0. The second-order valence-electron chi connectivity index (χ2n) is 8.65. The van der Waals surface area contributed by atoms with Gasteiger partial charge in [0.1, 0.15) is 0 Å². The fraction of sp³-hybridized carbons (Fsp3) is 0.308. The summed E-state index contributed by atoms with van der Waals surface area (Å²) >= 11 is 0. The minimum Gasteiger partial charge on any atom is -0.493 e. The predicted molar refractivity (Wildman–Crippen MR) is 137 cm³/mol. The van der Waals surface area contributed by atoms with Crippen molar-refractivity contribution in [2.24, 2.45) is 0 Å². The molecule has 0 bridgehead atoms. The number of piperazine rings is 1. The Bertz CT molecular complexity index is 1340. The highest BCUT2D eigenvalue weighted by atomic mass is 16.5. The second kappa shape index (κ2) is 9.71. The molecule has 2 N–H and O–H groups in total. The van der Waals surface area contributed by atoms with Crippen LogP contribution in [0.1, 0.15) is 11.1 Å². The third kappa shape index (κ3) is 4.81. The first kappa shape index (κ1) is 22.8. The number of nitrogens with two attached hydrogens (primary N) is 1. The van der Waals surface area contributed by atoms with E-state index in [-0.39, 0.29) is 5.95 Å². The van der Waals surface area contributed by atoms with Crippen molar-refractivity contribution in [1.82, 2.24) is 24.8 Å². The molecule has 4 aromatic rings. The van der Waals surface area contributed by atoms with E-state index in [9.17, 15) is 0 Å². The third-order valence-corrected chi connectivity index (χ3v) is 6.28. The van der Waals surface area contributed by atoms with Gasteiger partial charge in [-0.25, -0.2) is 9.97 Å². The zero-order valence-electron chi connectivity index (χ0n) is 20.2. The van der Waals surface area contributed by atoms with Crippen molar-refractivity contribution in [2.45, 2.75) is 13.5 Å². The zero-order valence-corrected chi connectivity index (χ0v) is 20.2. The first-order valence-electron chi connectivity index (χ1n) is 11.6. The molecule has 9 heteroatoms. The Morgan fingerprint density at radius 1 is 0.886 bits per heavy atom. The largest absolute Gasteiger partial charge is 0.493 e. The SMILES string of the molecule is COc1ccc(-c2cnc3nc(N)nc(N4CCN(Cc5ccc(C)cc5)CC4)c3n2)cc1OC. The monoisotopic (exact) mass is 471 g/mol. The molecule has 2 aromatic heterocycles. The van der Waals surface area contributed by atoms with Gasteiger partial charge in [0.05, 0.1) is 26.1 Å². The molecule has 0 saturated carbocycles. The standard InChI is InChI=1S/C26H29N7O2/c1-17-4-6-18(7-5-17)16-32-10-12-33(13-11-32)25-23-24(30-26(27)31-25)28-15-20(29-23)19-8-9-21(34-2)22(14-19)35-3/h4-9,14-15H,10-13,16H2,1-3H3,(H2,27,28,30,31). The summed E-state index contributed by atoms with van der Waals surface area (Å²) in [5.74, 6) is 2.20. The van der Waals surface area contributed by atoms with E-state index in [1.807, 2.05) is 18.2 Å². The highest BCUT2D eigenvalue weighted by Crippen LogP contribution is 2.32. The number of ether oxygens (including phenoxy) is 2. The van der Waals surface area contributed by atoms with Gasteiger partial charge in [-0.3, -0.25) is 4.90 Å². The molecule has 1 aliphatic heterocycles. The molecular weight excluding hydrogens is 442 g/mol. The quantitative estimate of drug-likeness (QED) is 0.454. The fourth-order valence-electron chi connectivity index (χ4n) is 4.33. The summed E-state index contributed by atoms with van der Waals surface area (Å²) in [6.07, 6.45) is 1.69. The number of aromatic nitrogens is 4. The Balaban J connectivity index is 1.40. The van der Waals surface area contributed by atoms with Gasteiger partial charge in [0.2, 0.25) is 5.95 Å². The van der Waals surface area contributed by atoms with Crippen LogP contribution in [-0.2, 0) is 6.54 Å². The van der Waals surface area contributed by atoms with Gasteiger partial charge in [-0.1, -0.05) is 29.8 Å². The van der Waals surface area contributed by atoms with E-state index in [0.717, 1.165) is 44.1 Å². The fourth-order valence-corrected chi connectivity index (χ4v) is 4.33. The molecule has 35 heavy (non-hydrogen) atoms. The lowest BCUT2D eigenvalue weighted by Crippen LogP contribution is -2.46. The average molecular weight is 472 g/mol. The molecule has 0 amide bonds. The molecule has 3 heterocycles. The predicted octanol–water partition coefficient (Wildman–Crippen LogP) is 3.32. The van der Waals surface area contributed by atoms with Gasteiger partial charge in [0.15, 0.2) is 28.5 Å². The van der Waals surface area contributed by atoms with Crippen LogP contribution in [0.3, 0.4) is 0 Å². The van der Waals surface area contributed by atoms with Crippen LogP contribution in [0.5, 0.6) is 11.5 Å². The van der Waals surface area contributed by atoms with Crippen LogP contribution in [0.2, 0.25) is 0 Å². The lowest BCUT2D eigenvalue weighted by Gasteiger charge is -2.35. The number of benzene rings is 2. The maximum atomic E-state index is 6.03. The third-order valence-electron chi connectivity index (χ3n) is 6.28. The van der Waals surface area contributed by atoms with E-state index in [2.05, 4.69) is 55.9 Å². The molecule has 1 aliphatic rings. The molecule has 2 aromatic carbocycles. The van der Waals surface area contributed by atoms with Crippen LogP contribution in [0.15, 0.2) is 48.7 Å². The number of fused-ring (bicyclic) bond motifs is 1. The molecular formula is C26H29N7O2. The number of anilines is 2. The smallest absolute Gasteiger partial charge is 0.224 e. The van der Waals surface area contributed by atoms with Crippen LogP contribution < -0.4 is 20.1 Å². The average Bonchev–Trinajstić information content (AvgIpc) is 2.89. The summed E-state index contributed by atoms with van der Waals surface area (Å²) in [6.45, 7) is 6.52. The molecule has 9 nitrogen and oxygen atoms in total. The molecule has 0 atom stereocenters. The highest BCUT2D eigenvalue weighted by Gasteiger charge is 2.22. The first-order chi connectivity index (χ1) is 17.0. The van der Waals surface area contributed by atoms with Crippen LogP contribution in [0.4, 0.5) is 11.8 Å². The van der Waals surface area contributed by atoms with Crippen molar-refractivity contribution in [2.75, 3.05) is 51.0 Å². The Hall–Kier alpha value is -3.98. The lowest BCUT2D eigenvalue weighted by molar-refractivity contribution is 0.249. The van der Waals surface area contributed by atoms with Crippen molar-refractivity contribution in [1.29, 1.82) is 0 Å². The highest BCUT2D eigenvalue weighted by molar-refractivity contribution is 5.86. The Morgan fingerprint density at radius 2 is 1.63 bits per heavy atom. The van der Waals surface area contributed by atoms with Gasteiger partial charge in [-0.05, 0) is 30.7 Å². The van der Waals surface area contributed by atoms with Gasteiger partial charge < -0.3 is 20.1 Å². The maximum Gasteiger partial charge on any atom is 0.224 e. The molecule has 0 radical (unpaired) electrons. The van der Waals surface area contributed by atoms with Crippen molar-refractivity contribution < 1.29 is 9.47 Å². The number of hydrogen-bond acceptors (Lipinski definition) is 9. The Kier molecular flexibility index (Phi) is 6.33. The van der Waals surface area contributed by atoms with Crippen LogP contribution >= 0.6 is 0 Å². The summed E-state index contributed by atoms with van der Waals surface area (Å²) in [7, 11) is 3.23. The van der Waals surface area contributed by atoms with Gasteiger partial charge in [0, 0.05) is 38.3 Å².